The van der Waals surface area contributed by atoms with Crippen molar-refractivity contribution in [3.05, 3.63) is 52.0 Å². The summed E-state index contributed by atoms with van der Waals surface area (Å²) >= 11 is 1.03. The number of guanidine groups is 1. The fourth-order valence-corrected chi connectivity index (χ4v) is 4.20. The number of nitrogens with zero attached hydrogens (tertiary/aromatic N) is 3. The molecule has 1 aliphatic heterocycles. The standard InChI is InChI=1S/C21H28F3N5S.HI/c1-2-25-20(26-11-8-19-28-18(15-30-19)21(22,23)24)27-17-9-12-29(13-10-17)14-16-6-4-3-5-7-16;/h3-7,15,17H,2,8-14H2,1H3,(H2,25,26,27);1H. The molecule has 1 aliphatic rings. The lowest BCUT2D eigenvalue weighted by Gasteiger charge is -2.33. The summed E-state index contributed by atoms with van der Waals surface area (Å²) in [6, 6.07) is 10.8. The molecule has 2 aromatic rings. The fourth-order valence-electron chi connectivity index (χ4n) is 3.41. The van der Waals surface area contributed by atoms with Gasteiger partial charge in [-0.3, -0.25) is 9.89 Å². The van der Waals surface area contributed by atoms with Crippen LogP contribution < -0.4 is 10.6 Å². The van der Waals surface area contributed by atoms with Gasteiger partial charge in [0.25, 0.3) is 0 Å². The molecular weight excluding hydrogens is 538 g/mol. The molecular formula is C21H29F3IN5S. The molecule has 0 amide bonds. The van der Waals surface area contributed by atoms with Crippen LogP contribution in [-0.4, -0.2) is 48.1 Å². The number of thiazole rings is 1. The summed E-state index contributed by atoms with van der Waals surface area (Å²) in [4.78, 5) is 10.6. The molecule has 31 heavy (non-hydrogen) atoms. The van der Waals surface area contributed by atoms with Gasteiger partial charge in [-0.05, 0) is 25.3 Å². The van der Waals surface area contributed by atoms with Crippen molar-refractivity contribution in [3.63, 3.8) is 0 Å². The highest BCUT2D eigenvalue weighted by atomic mass is 127. The van der Waals surface area contributed by atoms with Crippen LogP contribution >= 0.6 is 35.3 Å². The Morgan fingerprint density at radius 1 is 1.23 bits per heavy atom. The van der Waals surface area contributed by atoms with Gasteiger partial charge in [-0.1, -0.05) is 30.3 Å². The van der Waals surface area contributed by atoms with Gasteiger partial charge in [-0.2, -0.15) is 13.2 Å². The third-order valence-corrected chi connectivity index (χ3v) is 5.87. The summed E-state index contributed by atoms with van der Waals surface area (Å²) in [7, 11) is 0. The lowest BCUT2D eigenvalue weighted by Crippen LogP contribution is -2.48. The Morgan fingerprint density at radius 2 is 1.94 bits per heavy atom. The van der Waals surface area contributed by atoms with Crippen molar-refractivity contribution in [1.29, 1.82) is 0 Å². The first-order valence-electron chi connectivity index (χ1n) is 10.3. The van der Waals surface area contributed by atoms with Gasteiger partial charge in [0.05, 0.1) is 5.01 Å². The van der Waals surface area contributed by atoms with Crippen LogP contribution in [0, 0.1) is 0 Å². The number of hydrogen-bond donors (Lipinski definition) is 2. The highest BCUT2D eigenvalue weighted by molar-refractivity contribution is 14.0. The van der Waals surface area contributed by atoms with Crippen molar-refractivity contribution >= 4 is 41.3 Å². The highest BCUT2D eigenvalue weighted by Gasteiger charge is 2.33. The maximum Gasteiger partial charge on any atom is 0.434 e. The number of halogens is 4. The van der Waals surface area contributed by atoms with E-state index in [1.165, 1.54) is 5.56 Å². The molecule has 2 heterocycles. The maximum atomic E-state index is 12.7. The largest absolute Gasteiger partial charge is 0.434 e. The molecule has 1 saturated heterocycles. The predicted molar refractivity (Wildman–Crippen MR) is 130 cm³/mol. The molecule has 0 aliphatic carbocycles. The first-order chi connectivity index (χ1) is 14.4. The Morgan fingerprint density at radius 3 is 2.55 bits per heavy atom. The summed E-state index contributed by atoms with van der Waals surface area (Å²) in [5, 5.41) is 8.21. The van der Waals surface area contributed by atoms with Gasteiger partial charge in [0.15, 0.2) is 11.7 Å². The molecule has 1 aromatic carbocycles. The molecule has 2 N–H and O–H groups in total. The second kappa shape index (κ2) is 12.6. The van der Waals surface area contributed by atoms with Crippen LogP contribution in [0.4, 0.5) is 13.2 Å². The predicted octanol–water partition coefficient (Wildman–Crippen LogP) is 4.54. The lowest BCUT2D eigenvalue weighted by molar-refractivity contribution is -0.140. The van der Waals surface area contributed by atoms with E-state index in [9.17, 15) is 13.2 Å². The Hall–Kier alpha value is -1.40. The van der Waals surface area contributed by atoms with Crippen LogP contribution in [0.1, 0.15) is 36.0 Å². The second-order valence-corrected chi connectivity index (χ2v) is 8.26. The molecule has 0 atom stereocenters. The van der Waals surface area contributed by atoms with Gasteiger partial charge in [-0.15, -0.1) is 35.3 Å². The Labute approximate surface area is 202 Å². The minimum atomic E-state index is -4.39. The molecule has 0 bridgehead atoms. The second-order valence-electron chi connectivity index (χ2n) is 7.32. The normalized spacial score (nSPS) is 16.1. The molecule has 0 unspecified atom stereocenters. The average molecular weight is 567 g/mol. The Bertz CT molecular complexity index is 805. The third kappa shape index (κ3) is 8.57. The molecule has 3 rings (SSSR count). The van der Waals surface area contributed by atoms with Crippen molar-refractivity contribution in [3.8, 4) is 0 Å². The molecule has 0 radical (unpaired) electrons. The Kier molecular flexibility index (Phi) is 10.5. The minimum Gasteiger partial charge on any atom is -0.357 e. The van der Waals surface area contributed by atoms with Crippen LogP contribution in [0.25, 0.3) is 0 Å². The quantitative estimate of drug-likeness (QED) is 0.293. The zero-order valence-electron chi connectivity index (χ0n) is 17.5. The number of benzene rings is 1. The SMILES string of the molecule is CCNC(=NCCc1nc(C(F)(F)F)cs1)NC1CCN(Cc2ccccc2)CC1.I. The molecule has 10 heteroatoms. The minimum absolute atomic E-state index is 0. The number of alkyl halides is 3. The molecule has 0 saturated carbocycles. The van der Waals surface area contributed by atoms with Gasteiger partial charge in [0, 0.05) is 50.6 Å². The molecule has 1 fully saturated rings. The molecule has 5 nitrogen and oxygen atoms in total. The summed E-state index contributed by atoms with van der Waals surface area (Å²) in [6.45, 7) is 6.13. The van der Waals surface area contributed by atoms with Crippen molar-refractivity contribution < 1.29 is 13.2 Å². The number of nitrogens with one attached hydrogen (secondary N) is 2. The van der Waals surface area contributed by atoms with E-state index in [1.807, 2.05) is 13.0 Å². The van der Waals surface area contributed by atoms with E-state index in [2.05, 4.69) is 49.8 Å². The Balaban J connectivity index is 0.00000341. The zero-order chi connectivity index (χ0) is 21.4. The van der Waals surface area contributed by atoms with Gasteiger partial charge in [-0.25, -0.2) is 4.98 Å². The maximum absolute atomic E-state index is 12.7. The summed E-state index contributed by atoms with van der Waals surface area (Å²) in [5.41, 5.74) is 0.508. The van der Waals surface area contributed by atoms with E-state index < -0.39 is 11.9 Å². The van der Waals surface area contributed by atoms with Gasteiger partial charge in [0.2, 0.25) is 0 Å². The van der Waals surface area contributed by atoms with E-state index in [0.29, 0.717) is 30.0 Å². The summed E-state index contributed by atoms with van der Waals surface area (Å²) < 4.78 is 38.0. The average Bonchev–Trinajstić information content (AvgIpc) is 3.20. The van der Waals surface area contributed by atoms with Crippen LogP contribution in [0.15, 0.2) is 40.7 Å². The van der Waals surface area contributed by atoms with Crippen LogP contribution in [0.2, 0.25) is 0 Å². The number of aromatic nitrogens is 1. The van der Waals surface area contributed by atoms with Gasteiger partial charge >= 0.3 is 6.18 Å². The third-order valence-electron chi connectivity index (χ3n) is 4.96. The topological polar surface area (TPSA) is 52.6 Å². The van der Waals surface area contributed by atoms with Crippen LogP contribution in [-0.2, 0) is 19.1 Å². The number of likely N-dealkylation sites (tertiary alicyclic amines) is 1. The van der Waals surface area contributed by atoms with Crippen molar-refractivity contribution in [2.75, 3.05) is 26.2 Å². The van der Waals surface area contributed by atoms with E-state index in [-0.39, 0.29) is 24.0 Å². The zero-order valence-corrected chi connectivity index (χ0v) is 20.6. The van der Waals surface area contributed by atoms with E-state index in [0.717, 1.165) is 55.7 Å². The van der Waals surface area contributed by atoms with Crippen molar-refractivity contribution in [1.82, 2.24) is 20.5 Å². The van der Waals surface area contributed by atoms with Crippen molar-refractivity contribution in [2.24, 2.45) is 4.99 Å². The summed E-state index contributed by atoms with van der Waals surface area (Å²) in [5.74, 6) is 0.714. The summed E-state index contributed by atoms with van der Waals surface area (Å²) in [6.07, 6.45) is -1.94. The van der Waals surface area contributed by atoms with E-state index in [1.54, 1.807) is 0 Å². The van der Waals surface area contributed by atoms with E-state index in [4.69, 9.17) is 0 Å². The van der Waals surface area contributed by atoms with Crippen molar-refractivity contribution in [2.45, 2.75) is 44.9 Å². The first-order valence-corrected chi connectivity index (χ1v) is 11.1. The number of rotatable bonds is 7. The molecule has 172 valence electrons. The van der Waals surface area contributed by atoms with Crippen LogP contribution in [0.5, 0.6) is 0 Å². The lowest BCUT2D eigenvalue weighted by atomic mass is 10.0. The fraction of sp³-hybridized carbons (Fsp3) is 0.524. The highest BCUT2D eigenvalue weighted by Crippen LogP contribution is 2.30. The van der Waals surface area contributed by atoms with Gasteiger partial charge < -0.3 is 10.6 Å². The molecule has 1 aromatic heterocycles. The monoisotopic (exact) mass is 567 g/mol. The smallest absolute Gasteiger partial charge is 0.357 e. The van der Waals surface area contributed by atoms with Crippen LogP contribution in [0.3, 0.4) is 0 Å². The van der Waals surface area contributed by atoms with E-state index >= 15 is 0 Å². The molecule has 0 spiro atoms. The first kappa shape index (κ1) is 25.9. The number of hydrogen-bond acceptors (Lipinski definition) is 4. The number of piperidine rings is 1. The number of aliphatic imine (C=N–C) groups is 1. The van der Waals surface area contributed by atoms with Gasteiger partial charge in [0.1, 0.15) is 0 Å².